The molecule has 4 nitrogen and oxygen atoms in total. The topological polar surface area (TPSA) is 56.0 Å². The molecule has 1 aromatic carbocycles. The van der Waals surface area contributed by atoms with Crippen molar-refractivity contribution >= 4 is 17.7 Å². The Morgan fingerprint density at radius 3 is 2.43 bits per heavy atom. The van der Waals surface area contributed by atoms with Gasteiger partial charge in [0.1, 0.15) is 5.25 Å². The lowest BCUT2D eigenvalue weighted by atomic mass is 10.1. The largest absolute Gasteiger partial charge is 0.618 e. The Bertz CT molecular complexity index is 602. The number of benzene rings is 1. The number of carbonyl (C=O) groups excluding carboxylic acids is 1. The number of aromatic nitrogens is 1. The van der Waals surface area contributed by atoms with Crippen LogP contribution in [0.2, 0.25) is 0 Å². The molecular formula is C16H18N2O2S. The summed E-state index contributed by atoms with van der Waals surface area (Å²) in [6.45, 7) is 3.84. The molecule has 21 heavy (non-hydrogen) atoms. The second-order valence-electron chi connectivity index (χ2n) is 4.94. The molecule has 0 saturated heterocycles. The van der Waals surface area contributed by atoms with Gasteiger partial charge in [0, 0.05) is 18.2 Å². The Morgan fingerprint density at radius 2 is 1.81 bits per heavy atom. The second-order valence-corrected chi connectivity index (χ2v) is 6.06. The van der Waals surface area contributed by atoms with Gasteiger partial charge in [0.2, 0.25) is 5.91 Å². The van der Waals surface area contributed by atoms with Crippen LogP contribution in [0.15, 0.2) is 59.8 Å². The van der Waals surface area contributed by atoms with E-state index in [0.29, 0.717) is 5.03 Å². The summed E-state index contributed by atoms with van der Waals surface area (Å²) in [5.74, 6) is -0.0925. The minimum atomic E-state index is -0.448. The molecule has 0 radical (unpaired) electrons. The summed E-state index contributed by atoms with van der Waals surface area (Å²) < 4.78 is 0.781. The zero-order valence-electron chi connectivity index (χ0n) is 12.0. The molecule has 0 fully saturated rings. The van der Waals surface area contributed by atoms with E-state index >= 15 is 0 Å². The Hall–Kier alpha value is -2.01. The number of nitrogens with one attached hydrogen (secondary N) is 1. The zero-order valence-corrected chi connectivity index (χ0v) is 12.8. The average Bonchev–Trinajstić information content (AvgIpc) is 2.46. The Morgan fingerprint density at radius 1 is 1.14 bits per heavy atom. The number of rotatable bonds is 5. The summed E-state index contributed by atoms with van der Waals surface area (Å²) in [4.78, 5) is 12.4. The summed E-state index contributed by atoms with van der Waals surface area (Å²) in [7, 11) is 0. The smallest absolute Gasteiger partial charge is 0.252 e. The summed E-state index contributed by atoms with van der Waals surface area (Å²) in [5.41, 5.74) is 0.879. The molecule has 0 aliphatic rings. The van der Waals surface area contributed by atoms with Crippen molar-refractivity contribution in [2.75, 3.05) is 0 Å². The predicted octanol–water partition coefficient (Wildman–Crippen LogP) is 2.68. The van der Waals surface area contributed by atoms with E-state index in [1.807, 2.05) is 44.2 Å². The lowest BCUT2D eigenvalue weighted by molar-refractivity contribution is -0.645. The van der Waals surface area contributed by atoms with Crippen molar-refractivity contribution in [2.24, 2.45) is 0 Å². The van der Waals surface area contributed by atoms with E-state index in [9.17, 15) is 10.0 Å². The van der Waals surface area contributed by atoms with Gasteiger partial charge in [-0.15, -0.1) is 0 Å². The minimum Gasteiger partial charge on any atom is -0.618 e. The molecule has 1 N–H and O–H groups in total. The number of pyridine rings is 1. The normalized spacial score (nSPS) is 12.1. The molecule has 110 valence electrons. The van der Waals surface area contributed by atoms with Crippen molar-refractivity contribution in [2.45, 2.75) is 30.2 Å². The molecule has 2 aromatic rings. The molecule has 1 aromatic heterocycles. The molecule has 2 rings (SSSR count). The first-order valence-corrected chi connectivity index (χ1v) is 7.66. The minimum absolute atomic E-state index is 0.0551. The van der Waals surface area contributed by atoms with Crippen LogP contribution >= 0.6 is 11.8 Å². The number of carbonyl (C=O) groups is 1. The molecule has 0 aliphatic heterocycles. The fraction of sp³-hybridized carbons (Fsp3) is 0.250. The summed E-state index contributed by atoms with van der Waals surface area (Å²) in [5, 5.41) is 14.8. The quantitative estimate of drug-likeness (QED) is 0.525. The van der Waals surface area contributed by atoms with Crippen LogP contribution in [0, 0.1) is 5.21 Å². The van der Waals surface area contributed by atoms with E-state index in [1.54, 1.807) is 18.2 Å². The Labute approximate surface area is 128 Å². The highest BCUT2D eigenvalue weighted by Crippen LogP contribution is 2.33. The van der Waals surface area contributed by atoms with Crippen molar-refractivity contribution < 1.29 is 9.52 Å². The maximum Gasteiger partial charge on any atom is 0.252 e. The maximum absolute atomic E-state index is 12.4. The van der Waals surface area contributed by atoms with Crippen LogP contribution in [0.4, 0.5) is 0 Å². The van der Waals surface area contributed by atoms with Crippen molar-refractivity contribution in [3.8, 4) is 0 Å². The zero-order chi connectivity index (χ0) is 15.2. The van der Waals surface area contributed by atoms with Crippen molar-refractivity contribution in [3.63, 3.8) is 0 Å². The Balaban J connectivity index is 2.28. The first kappa shape index (κ1) is 15.4. The molecule has 1 amide bonds. The third kappa shape index (κ3) is 4.23. The fourth-order valence-corrected chi connectivity index (χ4v) is 2.92. The molecule has 0 aliphatic carbocycles. The van der Waals surface area contributed by atoms with Crippen molar-refractivity contribution in [3.05, 3.63) is 65.5 Å². The van der Waals surface area contributed by atoms with E-state index in [0.717, 1.165) is 10.3 Å². The second kappa shape index (κ2) is 7.13. The standard InChI is InChI=1S/C16H18N2O2S/c1-12(2)17-16(19)15(13-8-4-3-5-9-13)21-14-10-6-7-11-18(14)20/h3-12,15H,1-2H3,(H,17,19)/t15-/m0/s1. The van der Waals surface area contributed by atoms with Gasteiger partial charge in [0.05, 0.1) is 0 Å². The van der Waals surface area contributed by atoms with E-state index in [2.05, 4.69) is 5.32 Å². The summed E-state index contributed by atoms with van der Waals surface area (Å²) >= 11 is 1.26. The number of hydrogen-bond acceptors (Lipinski definition) is 3. The summed E-state index contributed by atoms with van der Waals surface area (Å²) in [6, 6.07) is 14.7. The van der Waals surface area contributed by atoms with Gasteiger partial charge in [-0.3, -0.25) is 4.79 Å². The highest BCUT2D eigenvalue weighted by atomic mass is 32.2. The lowest BCUT2D eigenvalue weighted by Gasteiger charge is -2.17. The molecule has 1 heterocycles. The van der Waals surface area contributed by atoms with Crippen LogP contribution in [-0.4, -0.2) is 11.9 Å². The van der Waals surface area contributed by atoms with Gasteiger partial charge in [0.25, 0.3) is 5.03 Å². The van der Waals surface area contributed by atoms with Crippen LogP contribution in [0.1, 0.15) is 24.7 Å². The van der Waals surface area contributed by atoms with Crippen LogP contribution in [0.5, 0.6) is 0 Å². The van der Waals surface area contributed by atoms with Crippen molar-refractivity contribution in [1.82, 2.24) is 5.32 Å². The van der Waals surface area contributed by atoms with E-state index in [-0.39, 0.29) is 11.9 Å². The van der Waals surface area contributed by atoms with Gasteiger partial charge < -0.3 is 10.5 Å². The highest BCUT2D eigenvalue weighted by Gasteiger charge is 2.25. The number of thioether (sulfide) groups is 1. The van der Waals surface area contributed by atoms with E-state index < -0.39 is 5.25 Å². The molecule has 0 bridgehead atoms. The Kier molecular flexibility index (Phi) is 5.22. The molecular weight excluding hydrogens is 284 g/mol. The van der Waals surface area contributed by atoms with E-state index in [1.165, 1.54) is 18.0 Å². The number of amides is 1. The molecule has 0 unspecified atom stereocenters. The van der Waals surface area contributed by atoms with Gasteiger partial charge in [-0.25, -0.2) is 0 Å². The average molecular weight is 302 g/mol. The fourth-order valence-electron chi connectivity index (χ4n) is 1.89. The van der Waals surface area contributed by atoms with Gasteiger partial charge in [-0.05, 0) is 37.2 Å². The van der Waals surface area contributed by atoms with Gasteiger partial charge in [-0.1, -0.05) is 30.3 Å². The first-order valence-electron chi connectivity index (χ1n) is 6.78. The predicted molar refractivity (Wildman–Crippen MR) is 83.7 cm³/mol. The maximum atomic E-state index is 12.4. The SMILES string of the molecule is CC(C)NC(=O)[C@@H](Sc1cccc[n+]1[O-])c1ccccc1. The van der Waals surface area contributed by atoms with Gasteiger partial charge in [-0.2, -0.15) is 4.73 Å². The lowest BCUT2D eigenvalue weighted by Crippen LogP contribution is -2.35. The molecule has 0 saturated carbocycles. The van der Waals surface area contributed by atoms with Crippen LogP contribution in [0.3, 0.4) is 0 Å². The number of nitrogens with zero attached hydrogens (tertiary/aromatic N) is 1. The monoisotopic (exact) mass is 302 g/mol. The third-order valence-corrected chi connectivity index (χ3v) is 4.08. The highest BCUT2D eigenvalue weighted by molar-refractivity contribution is 8.00. The van der Waals surface area contributed by atoms with Gasteiger partial charge in [0.15, 0.2) is 6.20 Å². The first-order chi connectivity index (χ1) is 10.1. The van der Waals surface area contributed by atoms with E-state index in [4.69, 9.17) is 0 Å². The van der Waals surface area contributed by atoms with Crippen LogP contribution in [0.25, 0.3) is 0 Å². The van der Waals surface area contributed by atoms with Crippen LogP contribution in [-0.2, 0) is 4.79 Å². The van der Waals surface area contributed by atoms with Crippen LogP contribution < -0.4 is 10.0 Å². The molecule has 0 spiro atoms. The number of hydrogen-bond donors (Lipinski definition) is 1. The van der Waals surface area contributed by atoms with Crippen molar-refractivity contribution in [1.29, 1.82) is 0 Å². The third-order valence-electron chi connectivity index (χ3n) is 2.80. The van der Waals surface area contributed by atoms with Gasteiger partial charge >= 0.3 is 0 Å². The summed E-state index contributed by atoms with van der Waals surface area (Å²) in [6.07, 6.45) is 1.44. The molecule has 5 heteroatoms. The molecule has 1 atom stereocenters.